The molecule has 0 bridgehead atoms. The fourth-order valence-corrected chi connectivity index (χ4v) is 1.68. The van der Waals surface area contributed by atoms with Crippen molar-refractivity contribution in [2.24, 2.45) is 0 Å². The molecule has 0 fully saturated rings. The minimum Gasteiger partial charge on any atom is -1.00 e. The molecule has 0 radical (unpaired) electrons. The quantitative estimate of drug-likeness (QED) is 0.279. The van der Waals surface area contributed by atoms with Gasteiger partial charge in [0.1, 0.15) is 5.40 Å². The van der Waals surface area contributed by atoms with Crippen LogP contribution in [0.3, 0.4) is 0 Å². The smallest absolute Gasteiger partial charge is 1.00 e. The molecule has 3 nitrogen and oxygen atoms in total. The van der Waals surface area contributed by atoms with Crippen LogP contribution in [0, 0.1) is 10.7 Å². The van der Waals surface area contributed by atoms with Crippen LogP contribution in [-0.4, -0.2) is 9.97 Å². The maximum Gasteiger partial charge on any atom is 1.00 e. The Bertz CT molecular complexity index is 645. The van der Waals surface area contributed by atoms with Crippen LogP contribution in [0.5, 0.6) is 0 Å². The average Bonchev–Trinajstić information content (AvgIpc) is 2.40. The third-order valence-corrected chi connectivity index (χ3v) is 2.34. The maximum atomic E-state index is 7.18. The third-order valence-electron chi connectivity index (χ3n) is 2.34. The predicted octanol–water partition coefficient (Wildman–Crippen LogP) is 0.297. The third kappa shape index (κ3) is 3.51. The van der Waals surface area contributed by atoms with E-state index < -0.39 is 0 Å². The van der Waals surface area contributed by atoms with Crippen molar-refractivity contribution in [2.75, 3.05) is 0 Å². The normalized spacial score (nSPS) is 8.89. The molecule has 0 spiro atoms. The number of hydrogen-bond acceptors (Lipinski definition) is 4. The van der Waals surface area contributed by atoms with E-state index >= 15 is 0 Å². The first kappa shape index (κ1) is 15.6. The Morgan fingerprint density at radius 1 is 0.944 bits per heavy atom. The van der Waals surface area contributed by atoms with E-state index in [1.807, 2.05) is 12.1 Å². The van der Waals surface area contributed by atoms with E-state index in [0.717, 1.165) is 21.8 Å². The molecule has 0 unspecified atom stereocenters. The van der Waals surface area contributed by atoms with Gasteiger partial charge in [-0.3, -0.25) is 9.97 Å². The van der Waals surface area contributed by atoms with Gasteiger partial charge in [0.25, 0.3) is 0 Å². The van der Waals surface area contributed by atoms with Crippen molar-refractivity contribution in [3.63, 3.8) is 0 Å². The number of benzene rings is 1. The zero-order valence-corrected chi connectivity index (χ0v) is 13.9. The minimum atomic E-state index is 0. The van der Waals surface area contributed by atoms with Crippen LogP contribution >= 0.6 is 12.6 Å². The molecule has 0 aliphatic carbocycles. The summed E-state index contributed by atoms with van der Waals surface area (Å²) < 4.78 is 0. The number of aromatic nitrogens is 2. The van der Waals surface area contributed by atoms with Crippen molar-refractivity contribution in [2.45, 2.75) is 0 Å². The Morgan fingerprint density at radius 3 is 1.72 bits per heavy atom. The van der Waals surface area contributed by atoms with Gasteiger partial charge in [-0.2, -0.15) is 5.26 Å². The summed E-state index contributed by atoms with van der Waals surface area (Å²) in [6.45, 7) is 0. The van der Waals surface area contributed by atoms with Gasteiger partial charge in [-0.1, -0.05) is 36.9 Å². The first-order valence-corrected chi connectivity index (χ1v) is 5.43. The van der Waals surface area contributed by atoms with Crippen LogP contribution in [0.25, 0.3) is 21.8 Å². The molecule has 0 saturated heterocycles. The molecule has 0 amide bonds. The molecule has 5 heteroatoms. The topological polar surface area (TPSA) is 49.6 Å². The van der Waals surface area contributed by atoms with Gasteiger partial charge >= 0.3 is 51.4 Å². The van der Waals surface area contributed by atoms with Crippen LogP contribution in [0.2, 0.25) is 0 Å². The Labute approximate surface area is 155 Å². The van der Waals surface area contributed by atoms with Crippen molar-refractivity contribution < 1.29 is 52.8 Å². The number of pyridine rings is 2. The number of thiol groups is 1. The Balaban J connectivity index is 0.000000598. The molecule has 84 valence electrons. The van der Waals surface area contributed by atoms with Crippen LogP contribution in [-0.2, 0) is 0 Å². The van der Waals surface area contributed by atoms with E-state index in [2.05, 4.69) is 46.9 Å². The van der Waals surface area contributed by atoms with Crippen LogP contribution in [0.15, 0.2) is 48.8 Å². The monoisotopic (exact) mass is 279 g/mol. The summed E-state index contributed by atoms with van der Waals surface area (Å²) in [5.41, 5.74) is 1.95. The first-order valence-electron chi connectivity index (χ1n) is 4.98. The molecule has 0 atom stereocenters. The summed E-state index contributed by atoms with van der Waals surface area (Å²) in [5.74, 6) is 0. The summed E-state index contributed by atoms with van der Waals surface area (Å²) in [4.78, 5) is 8.69. The van der Waals surface area contributed by atoms with Crippen LogP contribution in [0.1, 0.15) is 1.43 Å². The van der Waals surface area contributed by atoms with Gasteiger partial charge in [0.15, 0.2) is 0 Å². The van der Waals surface area contributed by atoms with E-state index in [0.29, 0.717) is 0 Å². The Morgan fingerprint density at radius 2 is 1.33 bits per heavy atom. The zero-order chi connectivity index (χ0) is 12.1. The second-order valence-corrected chi connectivity index (χ2v) is 3.52. The number of hydrogen-bond donors (Lipinski definition) is 1. The van der Waals surface area contributed by atoms with Gasteiger partial charge in [-0.05, 0) is 12.1 Å². The predicted molar refractivity (Wildman–Crippen MR) is 72.8 cm³/mol. The fourth-order valence-electron chi connectivity index (χ4n) is 1.68. The van der Waals surface area contributed by atoms with Crippen molar-refractivity contribution in [3.05, 3.63) is 48.8 Å². The first-order chi connectivity index (χ1) is 8.36. The molecular weight excluding hydrogens is 269 g/mol. The van der Waals surface area contributed by atoms with Crippen molar-refractivity contribution in [1.29, 1.82) is 5.26 Å². The average molecular weight is 279 g/mol. The van der Waals surface area contributed by atoms with E-state index in [9.17, 15) is 0 Å². The molecule has 0 aliphatic rings. The van der Waals surface area contributed by atoms with Crippen molar-refractivity contribution in [3.8, 4) is 5.40 Å². The number of nitrogens with zero attached hydrogens (tertiary/aromatic N) is 3. The molecule has 2 aromatic heterocycles. The minimum absolute atomic E-state index is 0. The molecule has 1 aromatic carbocycles. The second-order valence-electron chi connectivity index (χ2n) is 3.32. The van der Waals surface area contributed by atoms with E-state index in [1.165, 1.54) is 5.40 Å². The van der Waals surface area contributed by atoms with E-state index in [1.54, 1.807) is 12.4 Å². The summed E-state index contributed by atoms with van der Waals surface area (Å²) in [6, 6.07) is 12.1. The molecule has 0 N–H and O–H groups in total. The summed E-state index contributed by atoms with van der Waals surface area (Å²) >= 11 is 3.09. The molecule has 18 heavy (non-hydrogen) atoms. The van der Waals surface area contributed by atoms with Crippen molar-refractivity contribution >= 4 is 34.4 Å². The van der Waals surface area contributed by atoms with Gasteiger partial charge in [-0.15, -0.1) is 0 Å². The summed E-state index contributed by atoms with van der Waals surface area (Å²) in [5, 5.41) is 10.9. The fraction of sp³-hybridized carbons (Fsp3) is 0. The Kier molecular flexibility index (Phi) is 6.79. The molecule has 3 aromatic rings. The molecule has 0 saturated carbocycles. The number of thiocyanates is 1. The zero-order valence-electron chi connectivity index (χ0n) is 10.9. The van der Waals surface area contributed by atoms with E-state index in [-0.39, 0.29) is 52.8 Å². The molecule has 2 heterocycles. The number of fused-ring (bicyclic) bond motifs is 3. The molecule has 3 rings (SSSR count). The number of nitriles is 1. The van der Waals surface area contributed by atoms with Gasteiger partial charge in [-0.25, -0.2) is 0 Å². The SMILES string of the molecule is N#CS.[H-].[K+].c1cnc2c(c1)ccc1cccnc12. The van der Waals surface area contributed by atoms with Gasteiger partial charge in [0, 0.05) is 23.2 Å². The van der Waals surface area contributed by atoms with Crippen LogP contribution in [0.4, 0.5) is 0 Å². The summed E-state index contributed by atoms with van der Waals surface area (Å²) in [6.07, 6.45) is 3.60. The maximum absolute atomic E-state index is 7.18. The van der Waals surface area contributed by atoms with Gasteiger partial charge in [0.05, 0.1) is 11.0 Å². The van der Waals surface area contributed by atoms with Crippen LogP contribution < -0.4 is 51.4 Å². The Hall–Kier alpha value is -0.484. The second kappa shape index (κ2) is 7.84. The number of rotatable bonds is 0. The van der Waals surface area contributed by atoms with Gasteiger partial charge in [0.2, 0.25) is 0 Å². The summed E-state index contributed by atoms with van der Waals surface area (Å²) in [7, 11) is 0. The molecule has 0 aliphatic heterocycles. The van der Waals surface area contributed by atoms with Gasteiger partial charge < -0.3 is 1.43 Å². The largest absolute Gasteiger partial charge is 1.00 e. The molecular formula is C13H10KN3S. The standard InChI is InChI=1S/C12H8N2.CHNS.K.H/c1-3-9-5-6-10-4-2-8-14-12(10)11(9)13-7-1;2-1-3;;/h1-8H;3H;;/q;;+1;-1. The van der Waals surface area contributed by atoms with Crippen molar-refractivity contribution in [1.82, 2.24) is 9.97 Å². The van der Waals surface area contributed by atoms with E-state index in [4.69, 9.17) is 5.26 Å².